The van der Waals surface area contributed by atoms with Crippen LogP contribution in [0.25, 0.3) is 0 Å². The van der Waals surface area contributed by atoms with E-state index in [-0.39, 0.29) is 18.7 Å². The first-order valence-electron chi connectivity index (χ1n) is 3.36. The van der Waals surface area contributed by atoms with Gasteiger partial charge < -0.3 is 16.6 Å². The summed E-state index contributed by atoms with van der Waals surface area (Å²) in [6.07, 6.45) is 1.77. The summed E-state index contributed by atoms with van der Waals surface area (Å²) in [6.45, 7) is 0.238. The molecule has 9 heavy (non-hydrogen) atoms. The second kappa shape index (κ2) is 2.64. The van der Waals surface area contributed by atoms with E-state index in [0.717, 1.165) is 12.8 Å². The molecule has 0 amide bonds. The molecule has 0 heterocycles. The molecule has 0 aromatic heterocycles. The predicted octanol–water partition coefficient (Wildman–Crippen LogP) is -0.957. The van der Waals surface area contributed by atoms with E-state index in [4.69, 9.17) is 16.6 Å². The average molecular weight is 130 g/mol. The molecule has 1 fully saturated rings. The van der Waals surface area contributed by atoms with Gasteiger partial charge in [-0.25, -0.2) is 0 Å². The van der Waals surface area contributed by atoms with Crippen LogP contribution in [0.2, 0.25) is 0 Å². The summed E-state index contributed by atoms with van der Waals surface area (Å²) >= 11 is 0. The van der Waals surface area contributed by atoms with Gasteiger partial charge >= 0.3 is 0 Å². The van der Waals surface area contributed by atoms with E-state index in [1.807, 2.05) is 0 Å². The molecule has 0 aromatic rings. The molecule has 1 rings (SSSR count). The Morgan fingerprint density at radius 2 is 1.67 bits per heavy atom. The van der Waals surface area contributed by atoms with Crippen LogP contribution >= 0.6 is 0 Å². The number of nitrogens with two attached hydrogens (primary N) is 2. The van der Waals surface area contributed by atoms with Crippen molar-refractivity contribution in [2.24, 2.45) is 17.4 Å². The summed E-state index contributed by atoms with van der Waals surface area (Å²) in [5.74, 6) is 0.356. The standard InChI is InChI=1S/C6H14N2O/c7-5-1-4(3-9)2-6(5)8/h4-6,9H,1-3,7-8H2/t5-,6-/m1/s1. The van der Waals surface area contributed by atoms with Gasteiger partial charge in [0.15, 0.2) is 0 Å². The van der Waals surface area contributed by atoms with Crippen LogP contribution < -0.4 is 11.5 Å². The summed E-state index contributed by atoms with van der Waals surface area (Å²) in [4.78, 5) is 0. The van der Waals surface area contributed by atoms with E-state index >= 15 is 0 Å². The number of aliphatic hydroxyl groups excluding tert-OH is 1. The highest BCUT2D eigenvalue weighted by Crippen LogP contribution is 2.22. The van der Waals surface area contributed by atoms with E-state index in [1.165, 1.54) is 0 Å². The van der Waals surface area contributed by atoms with Crippen molar-refractivity contribution in [3.8, 4) is 0 Å². The fourth-order valence-electron chi connectivity index (χ4n) is 1.36. The summed E-state index contributed by atoms with van der Waals surface area (Å²) in [5, 5.41) is 8.69. The lowest BCUT2D eigenvalue weighted by atomic mass is 10.1. The van der Waals surface area contributed by atoms with Crippen molar-refractivity contribution in [2.45, 2.75) is 24.9 Å². The van der Waals surface area contributed by atoms with Crippen molar-refractivity contribution < 1.29 is 5.11 Å². The largest absolute Gasteiger partial charge is 0.396 e. The highest BCUT2D eigenvalue weighted by Gasteiger charge is 2.27. The van der Waals surface area contributed by atoms with Crippen LogP contribution in [0.4, 0.5) is 0 Å². The molecule has 5 N–H and O–H groups in total. The summed E-state index contributed by atoms with van der Waals surface area (Å²) in [6, 6.07) is 0.226. The lowest BCUT2D eigenvalue weighted by Gasteiger charge is -2.05. The first-order chi connectivity index (χ1) is 4.24. The molecular formula is C6H14N2O. The first kappa shape index (κ1) is 6.99. The van der Waals surface area contributed by atoms with E-state index in [0.29, 0.717) is 5.92 Å². The minimum absolute atomic E-state index is 0.113. The number of aliphatic hydroxyl groups is 1. The number of hydrogen-bond acceptors (Lipinski definition) is 3. The maximum Gasteiger partial charge on any atom is 0.0460 e. The molecule has 0 aromatic carbocycles. The highest BCUT2D eigenvalue weighted by atomic mass is 16.3. The average Bonchev–Trinajstić information content (AvgIpc) is 2.13. The van der Waals surface area contributed by atoms with Crippen molar-refractivity contribution in [1.29, 1.82) is 0 Å². The Bertz CT molecular complexity index is 87.1. The summed E-state index contributed by atoms with van der Waals surface area (Å²) < 4.78 is 0. The van der Waals surface area contributed by atoms with Crippen LogP contribution in [0.3, 0.4) is 0 Å². The third-order valence-corrected chi connectivity index (χ3v) is 2.02. The molecule has 0 spiro atoms. The SMILES string of the molecule is N[C@@H]1CC(CO)C[C@H]1N. The van der Waals surface area contributed by atoms with Crippen molar-refractivity contribution in [1.82, 2.24) is 0 Å². The van der Waals surface area contributed by atoms with Crippen molar-refractivity contribution in [2.75, 3.05) is 6.61 Å². The number of rotatable bonds is 1. The van der Waals surface area contributed by atoms with E-state index in [9.17, 15) is 0 Å². The fraction of sp³-hybridized carbons (Fsp3) is 1.00. The van der Waals surface area contributed by atoms with Gasteiger partial charge in [-0.15, -0.1) is 0 Å². The second-order valence-electron chi connectivity index (χ2n) is 2.85. The van der Waals surface area contributed by atoms with Crippen LogP contribution in [-0.2, 0) is 0 Å². The fourth-order valence-corrected chi connectivity index (χ4v) is 1.36. The summed E-state index contributed by atoms with van der Waals surface area (Å²) in [7, 11) is 0. The molecule has 3 heteroatoms. The minimum atomic E-state index is 0.113. The molecular weight excluding hydrogens is 116 g/mol. The molecule has 0 bridgehead atoms. The van der Waals surface area contributed by atoms with E-state index < -0.39 is 0 Å². The molecule has 2 atom stereocenters. The van der Waals surface area contributed by atoms with Crippen LogP contribution in [0.1, 0.15) is 12.8 Å². The third kappa shape index (κ3) is 1.41. The van der Waals surface area contributed by atoms with E-state index in [2.05, 4.69) is 0 Å². The van der Waals surface area contributed by atoms with E-state index in [1.54, 1.807) is 0 Å². The number of hydrogen-bond donors (Lipinski definition) is 3. The van der Waals surface area contributed by atoms with Gasteiger partial charge in [0, 0.05) is 18.7 Å². The maximum absolute atomic E-state index is 8.69. The van der Waals surface area contributed by atoms with Gasteiger partial charge in [-0.05, 0) is 18.8 Å². The molecule has 0 unspecified atom stereocenters. The summed E-state index contributed by atoms with van der Waals surface area (Å²) in [5.41, 5.74) is 11.2. The molecule has 1 aliphatic carbocycles. The van der Waals surface area contributed by atoms with Gasteiger partial charge in [0.05, 0.1) is 0 Å². The third-order valence-electron chi connectivity index (χ3n) is 2.02. The van der Waals surface area contributed by atoms with Gasteiger partial charge in [0.1, 0.15) is 0 Å². The minimum Gasteiger partial charge on any atom is -0.396 e. The maximum atomic E-state index is 8.69. The van der Waals surface area contributed by atoms with Gasteiger partial charge in [-0.3, -0.25) is 0 Å². The van der Waals surface area contributed by atoms with Gasteiger partial charge in [0.2, 0.25) is 0 Å². The van der Waals surface area contributed by atoms with Crippen LogP contribution in [0, 0.1) is 5.92 Å². The monoisotopic (exact) mass is 130 g/mol. The highest BCUT2D eigenvalue weighted by molar-refractivity contribution is 4.88. The Kier molecular flexibility index (Phi) is 2.05. The van der Waals surface area contributed by atoms with Crippen LogP contribution in [0.15, 0.2) is 0 Å². The molecule has 0 aliphatic heterocycles. The van der Waals surface area contributed by atoms with Crippen molar-refractivity contribution in [3.63, 3.8) is 0 Å². The molecule has 1 aliphatic rings. The molecule has 54 valence electrons. The Hall–Kier alpha value is -0.120. The predicted molar refractivity (Wildman–Crippen MR) is 35.8 cm³/mol. The quantitative estimate of drug-likeness (QED) is 0.428. The lowest BCUT2D eigenvalue weighted by molar-refractivity contribution is 0.228. The normalized spacial score (nSPS) is 37.7. The zero-order valence-electron chi connectivity index (χ0n) is 5.46. The van der Waals surface area contributed by atoms with Crippen molar-refractivity contribution >= 4 is 0 Å². The van der Waals surface area contributed by atoms with Gasteiger partial charge in [-0.1, -0.05) is 0 Å². The molecule has 3 nitrogen and oxygen atoms in total. The Morgan fingerprint density at radius 3 is 1.89 bits per heavy atom. The van der Waals surface area contributed by atoms with Crippen molar-refractivity contribution in [3.05, 3.63) is 0 Å². The first-order valence-corrected chi connectivity index (χ1v) is 3.36. The van der Waals surface area contributed by atoms with Gasteiger partial charge in [-0.2, -0.15) is 0 Å². The topological polar surface area (TPSA) is 72.3 Å². The Labute approximate surface area is 55.0 Å². The zero-order valence-corrected chi connectivity index (χ0v) is 5.46. The van der Waals surface area contributed by atoms with Crippen LogP contribution in [0.5, 0.6) is 0 Å². The molecule has 0 saturated heterocycles. The molecule has 1 saturated carbocycles. The lowest BCUT2D eigenvalue weighted by Crippen LogP contribution is -2.35. The molecule has 0 radical (unpaired) electrons. The zero-order chi connectivity index (χ0) is 6.85. The van der Waals surface area contributed by atoms with Crippen LogP contribution in [-0.4, -0.2) is 23.8 Å². The second-order valence-corrected chi connectivity index (χ2v) is 2.85. The Balaban J connectivity index is 2.35. The van der Waals surface area contributed by atoms with Gasteiger partial charge in [0.25, 0.3) is 0 Å². The smallest absolute Gasteiger partial charge is 0.0460 e. The Morgan fingerprint density at radius 1 is 1.22 bits per heavy atom.